The lowest BCUT2D eigenvalue weighted by Gasteiger charge is -2.14. The summed E-state index contributed by atoms with van der Waals surface area (Å²) in [6.45, 7) is 0.601. The Balaban J connectivity index is 1.94. The van der Waals surface area contributed by atoms with Crippen molar-refractivity contribution in [1.29, 1.82) is 0 Å². The maximum Gasteiger partial charge on any atom is 0.119 e. The SMILES string of the molecule is C[N-]c1ccc(OCc2ccccc2)cc1. The molecule has 82 valence electrons. The van der Waals surface area contributed by atoms with E-state index in [1.165, 1.54) is 5.56 Å². The first-order chi connectivity index (χ1) is 7.88. The number of hydrogen-bond donors (Lipinski definition) is 0. The molecule has 0 spiro atoms. The van der Waals surface area contributed by atoms with E-state index in [1.807, 2.05) is 42.5 Å². The largest absolute Gasteiger partial charge is 0.687 e. The summed E-state index contributed by atoms with van der Waals surface area (Å²) in [6.07, 6.45) is 0. The predicted octanol–water partition coefficient (Wildman–Crippen LogP) is 3.90. The van der Waals surface area contributed by atoms with Gasteiger partial charge in [0.2, 0.25) is 0 Å². The molecule has 2 rings (SSSR count). The summed E-state index contributed by atoms with van der Waals surface area (Å²) in [5, 5.41) is 4.07. The molecule has 0 heterocycles. The second-order valence-electron chi connectivity index (χ2n) is 3.49. The zero-order valence-electron chi connectivity index (χ0n) is 9.26. The lowest BCUT2D eigenvalue weighted by molar-refractivity contribution is 0.306. The van der Waals surface area contributed by atoms with Crippen LogP contribution in [0.5, 0.6) is 5.75 Å². The smallest absolute Gasteiger partial charge is 0.119 e. The molecule has 0 saturated heterocycles. The Morgan fingerprint density at radius 2 is 1.62 bits per heavy atom. The fourth-order valence-electron chi connectivity index (χ4n) is 1.43. The van der Waals surface area contributed by atoms with Gasteiger partial charge in [0, 0.05) is 0 Å². The fraction of sp³-hybridized carbons (Fsp3) is 0.143. The van der Waals surface area contributed by atoms with Crippen LogP contribution >= 0.6 is 0 Å². The summed E-state index contributed by atoms with van der Waals surface area (Å²) < 4.78 is 5.65. The van der Waals surface area contributed by atoms with Gasteiger partial charge in [-0.15, -0.1) is 12.7 Å². The molecule has 0 saturated carbocycles. The molecule has 0 N–H and O–H groups in total. The average Bonchev–Trinajstić information content (AvgIpc) is 2.38. The van der Waals surface area contributed by atoms with Crippen LogP contribution < -0.4 is 4.74 Å². The summed E-state index contributed by atoms with van der Waals surface area (Å²) in [4.78, 5) is 0. The zero-order chi connectivity index (χ0) is 11.2. The van der Waals surface area contributed by atoms with Crippen molar-refractivity contribution in [2.24, 2.45) is 0 Å². The van der Waals surface area contributed by atoms with Crippen molar-refractivity contribution in [3.05, 3.63) is 65.5 Å². The highest BCUT2D eigenvalue weighted by atomic mass is 16.5. The molecular weight excluding hydrogens is 198 g/mol. The minimum Gasteiger partial charge on any atom is -0.687 e. The Bertz CT molecular complexity index is 422. The number of nitrogens with zero attached hydrogens (tertiary/aromatic N) is 1. The van der Waals surface area contributed by atoms with E-state index in [1.54, 1.807) is 7.05 Å². The summed E-state index contributed by atoms with van der Waals surface area (Å²) in [6, 6.07) is 17.9. The number of benzene rings is 2. The van der Waals surface area contributed by atoms with Crippen molar-refractivity contribution >= 4 is 5.69 Å². The Morgan fingerprint density at radius 3 is 2.25 bits per heavy atom. The molecule has 0 aliphatic heterocycles. The quantitative estimate of drug-likeness (QED) is 0.753. The van der Waals surface area contributed by atoms with E-state index >= 15 is 0 Å². The standard InChI is InChI=1S/C14H14NO/c1-15-13-7-9-14(10-8-13)16-11-12-5-3-2-4-6-12/h2-10H,11H2,1H3/q-1. The lowest BCUT2D eigenvalue weighted by atomic mass is 10.2. The van der Waals surface area contributed by atoms with E-state index in [0.29, 0.717) is 6.61 Å². The third kappa shape index (κ3) is 2.76. The highest BCUT2D eigenvalue weighted by Gasteiger charge is 1.93. The first kappa shape index (κ1) is 10.6. The second-order valence-corrected chi connectivity index (χ2v) is 3.49. The predicted molar refractivity (Wildman–Crippen MR) is 66.2 cm³/mol. The van der Waals surface area contributed by atoms with Gasteiger partial charge in [-0.1, -0.05) is 42.5 Å². The molecule has 2 aromatic rings. The molecule has 2 aromatic carbocycles. The average molecular weight is 212 g/mol. The molecule has 16 heavy (non-hydrogen) atoms. The molecule has 2 nitrogen and oxygen atoms in total. The van der Waals surface area contributed by atoms with Crippen LogP contribution in [0.1, 0.15) is 5.56 Å². The van der Waals surface area contributed by atoms with E-state index in [0.717, 1.165) is 11.4 Å². The van der Waals surface area contributed by atoms with Gasteiger partial charge in [0.15, 0.2) is 0 Å². The molecule has 0 radical (unpaired) electrons. The highest BCUT2D eigenvalue weighted by Crippen LogP contribution is 2.20. The normalized spacial score (nSPS) is 9.81. The van der Waals surface area contributed by atoms with E-state index in [2.05, 4.69) is 17.4 Å². The minimum atomic E-state index is 0.601. The third-order valence-corrected chi connectivity index (χ3v) is 2.34. The zero-order valence-corrected chi connectivity index (χ0v) is 9.26. The van der Waals surface area contributed by atoms with Crippen molar-refractivity contribution in [2.75, 3.05) is 7.05 Å². The fourth-order valence-corrected chi connectivity index (χ4v) is 1.43. The topological polar surface area (TPSA) is 23.3 Å². The van der Waals surface area contributed by atoms with Gasteiger partial charge < -0.3 is 10.1 Å². The summed E-state index contributed by atoms with van der Waals surface area (Å²) in [7, 11) is 1.78. The lowest BCUT2D eigenvalue weighted by Crippen LogP contribution is -1.94. The van der Waals surface area contributed by atoms with Gasteiger partial charge in [-0.05, 0) is 17.7 Å². The van der Waals surface area contributed by atoms with E-state index < -0.39 is 0 Å². The third-order valence-electron chi connectivity index (χ3n) is 2.34. The van der Waals surface area contributed by atoms with Crippen LogP contribution in [0.3, 0.4) is 0 Å². The minimum absolute atomic E-state index is 0.601. The molecule has 0 aliphatic carbocycles. The van der Waals surface area contributed by atoms with Crippen molar-refractivity contribution in [3.8, 4) is 5.75 Å². The van der Waals surface area contributed by atoms with Crippen LogP contribution in [0.4, 0.5) is 5.69 Å². The Hall–Kier alpha value is -1.96. The van der Waals surface area contributed by atoms with Gasteiger partial charge in [-0.3, -0.25) is 0 Å². The summed E-state index contributed by atoms with van der Waals surface area (Å²) >= 11 is 0. The Labute approximate surface area is 95.9 Å². The van der Waals surface area contributed by atoms with Crippen molar-refractivity contribution in [3.63, 3.8) is 0 Å². The first-order valence-corrected chi connectivity index (χ1v) is 5.25. The van der Waals surface area contributed by atoms with Gasteiger partial charge in [0.25, 0.3) is 0 Å². The monoisotopic (exact) mass is 212 g/mol. The molecule has 0 aromatic heterocycles. The molecule has 0 amide bonds. The second kappa shape index (κ2) is 5.21. The molecule has 2 heteroatoms. The van der Waals surface area contributed by atoms with Gasteiger partial charge in [-0.2, -0.15) is 0 Å². The van der Waals surface area contributed by atoms with Crippen LogP contribution in [0.15, 0.2) is 54.6 Å². The van der Waals surface area contributed by atoms with Gasteiger partial charge in [0.1, 0.15) is 12.4 Å². The van der Waals surface area contributed by atoms with E-state index in [9.17, 15) is 0 Å². The maximum atomic E-state index is 5.65. The molecule has 0 fully saturated rings. The molecule has 0 atom stereocenters. The van der Waals surface area contributed by atoms with Crippen molar-refractivity contribution < 1.29 is 4.74 Å². The van der Waals surface area contributed by atoms with E-state index in [4.69, 9.17) is 4.74 Å². The first-order valence-electron chi connectivity index (χ1n) is 5.25. The van der Waals surface area contributed by atoms with Gasteiger partial charge >= 0.3 is 0 Å². The number of hydrogen-bond acceptors (Lipinski definition) is 1. The van der Waals surface area contributed by atoms with Crippen LogP contribution in [-0.4, -0.2) is 7.05 Å². The van der Waals surface area contributed by atoms with Gasteiger partial charge in [-0.25, -0.2) is 0 Å². The van der Waals surface area contributed by atoms with E-state index in [-0.39, 0.29) is 0 Å². The van der Waals surface area contributed by atoms with Crippen LogP contribution in [0.25, 0.3) is 5.32 Å². The van der Waals surface area contributed by atoms with Crippen LogP contribution in [0, 0.1) is 0 Å². The maximum absolute atomic E-state index is 5.65. The molecule has 0 unspecified atom stereocenters. The van der Waals surface area contributed by atoms with Crippen LogP contribution in [-0.2, 0) is 6.61 Å². The van der Waals surface area contributed by atoms with Crippen LogP contribution in [0.2, 0.25) is 0 Å². The Kier molecular flexibility index (Phi) is 3.44. The summed E-state index contributed by atoms with van der Waals surface area (Å²) in [5.41, 5.74) is 2.14. The van der Waals surface area contributed by atoms with Gasteiger partial charge in [0.05, 0.1) is 0 Å². The molecular formula is C14H14NO-. The Morgan fingerprint density at radius 1 is 0.938 bits per heavy atom. The number of ether oxygens (including phenoxy) is 1. The van der Waals surface area contributed by atoms with Crippen molar-refractivity contribution in [1.82, 2.24) is 0 Å². The molecule has 0 aliphatic rings. The highest BCUT2D eigenvalue weighted by molar-refractivity contribution is 5.49. The van der Waals surface area contributed by atoms with Crippen molar-refractivity contribution in [2.45, 2.75) is 6.61 Å². The number of rotatable bonds is 4. The summed E-state index contributed by atoms with van der Waals surface area (Å²) in [5.74, 6) is 0.872. The molecule has 0 bridgehead atoms.